The van der Waals surface area contributed by atoms with E-state index in [2.05, 4.69) is 6.92 Å². The Bertz CT molecular complexity index is 721. The van der Waals surface area contributed by atoms with Gasteiger partial charge in [0.2, 0.25) is 0 Å². The van der Waals surface area contributed by atoms with Crippen molar-refractivity contribution in [2.45, 2.75) is 52.4 Å². The lowest BCUT2D eigenvalue weighted by Gasteiger charge is -2.09. The normalized spacial score (nSPS) is 13.5. The summed E-state index contributed by atoms with van der Waals surface area (Å²) in [4.78, 5) is 18.3. The molecule has 0 radical (unpaired) electrons. The van der Waals surface area contributed by atoms with E-state index in [1.54, 1.807) is 6.92 Å². The standard InChI is InChI=1S/C17H22N2O2S/c1-3-5-9-12-10-7-6-8-11(10)13-14(18)15(17(20)21-4-2)22-16(13)19-12/h3-9,18H2,1-2H3. The molecule has 0 bridgehead atoms. The molecule has 0 aromatic carbocycles. The van der Waals surface area contributed by atoms with Crippen molar-refractivity contribution in [2.24, 2.45) is 0 Å². The van der Waals surface area contributed by atoms with Crippen LogP contribution in [0.4, 0.5) is 5.69 Å². The summed E-state index contributed by atoms with van der Waals surface area (Å²) in [6.07, 6.45) is 6.60. The second kappa shape index (κ2) is 6.24. The van der Waals surface area contributed by atoms with E-state index < -0.39 is 0 Å². The zero-order valence-electron chi connectivity index (χ0n) is 13.2. The number of hydrogen-bond acceptors (Lipinski definition) is 5. The molecule has 5 heteroatoms. The van der Waals surface area contributed by atoms with E-state index in [0.717, 1.165) is 48.7 Å². The number of hydrogen-bond donors (Lipinski definition) is 1. The van der Waals surface area contributed by atoms with Gasteiger partial charge in [-0.2, -0.15) is 0 Å². The van der Waals surface area contributed by atoms with Gasteiger partial charge in [0.25, 0.3) is 0 Å². The molecule has 22 heavy (non-hydrogen) atoms. The predicted octanol–water partition coefficient (Wildman–Crippen LogP) is 3.89. The minimum atomic E-state index is -0.329. The van der Waals surface area contributed by atoms with Crippen molar-refractivity contribution in [1.29, 1.82) is 0 Å². The average molecular weight is 318 g/mol. The van der Waals surface area contributed by atoms with Crippen LogP contribution in [0.1, 0.15) is 59.6 Å². The third kappa shape index (κ3) is 2.47. The largest absolute Gasteiger partial charge is 0.462 e. The summed E-state index contributed by atoms with van der Waals surface area (Å²) in [6, 6.07) is 0. The lowest BCUT2D eigenvalue weighted by atomic mass is 10.0. The molecule has 2 aromatic heterocycles. The quantitative estimate of drug-likeness (QED) is 0.850. The molecule has 0 fully saturated rings. The molecule has 2 aromatic rings. The van der Waals surface area contributed by atoms with E-state index >= 15 is 0 Å². The Kier molecular flexibility index (Phi) is 4.34. The first kappa shape index (κ1) is 15.3. The van der Waals surface area contributed by atoms with Gasteiger partial charge in [0.15, 0.2) is 0 Å². The molecule has 0 saturated heterocycles. The van der Waals surface area contributed by atoms with Crippen molar-refractivity contribution >= 4 is 33.2 Å². The van der Waals surface area contributed by atoms with E-state index in [9.17, 15) is 4.79 Å². The number of carbonyl (C=O) groups excluding carboxylic acids is 1. The molecule has 2 heterocycles. The highest BCUT2D eigenvalue weighted by Gasteiger charge is 2.26. The number of thiophene rings is 1. The van der Waals surface area contributed by atoms with Crippen LogP contribution in [0.2, 0.25) is 0 Å². The third-order valence-electron chi connectivity index (χ3n) is 4.26. The average Bonchev–Trinajstić information content (AvgIpc) is 3.09. The molecule has 2 N–H and O–H groups in total. The van der Waals surface area contributed by atoms with Crippen LogP contribution >= 0.6 is 11.3 Å². The SMILES string of the molecule is CCCCc1nc2sc(C(=O)OCC)c(N)c2c2c1CCC2. The fraction of sp³-hybridized carbons (Fsp3) is 0.529. The molecule has 0 atom stereocenters. The van der Waals surface area contributed by atoms with Crippen molar-refractivity contribution in [3.8, 4) is 0 Å². The number of pyridine rings is 1. The number of unbranched alkanes of at least 4 members (excludes halogenated alkanes) is 1. The Morgan fingerprint density at radius 3 is 2.82 bits per heavy atom. The van der Waals surface area contributed by atoms with Crippen LogP contribution in [0, 0.1) is 0 Å². The second-order valence-corrected chi connectivity index (χ2v) is 6.72. The molecule has 0 spiro atoms. The number of aromatic nitrogens is 1. The Balaban J connectivity index is 2.14. The predicted molar refractivity (Wildman–Crippen MR) is 90.6 cm³/mol. The first-order chi connectivity index (χ1) is 10.7. The van der Waals surface area contributed by atoms with Gasteiger partial charge in [-0.1, -0.05) is 13.3 Å². The van der Waals surface area contributed by atoms with Crippen molar-refractivity contribution in [3.63, 3.8) is 0 Å². The molecule has 1 aliphatic carbocycles. The number of nitrogens with zero attached hydrogens (tertiary/aromatic N) is 1. The summed E-state index contributed by atoms with van der Waals surface area (Å²) in [5.41, 5.74) is 10.7. The van der Waals surface area contributed by atoms with Crippen LogP contribution in [-0.2, 0) is 24.0 Å². The minimum Gasteiger partial charge on any atom is -0.462 e. The lowest BCUT2D eigenvalue weighted by molar-refractivity contribution is 0.0533. The lowest BCUT2D eigenvalue weighted by Crippen LogP contribution is -2.05. The van der Waals surface area contributed by atoms with E-state index in [0.29, 0.717) is 17.2 Å². The number of esters is 1. The first-order valence-corrected chi connectivity index (χ1v) is 8.88. The van der Waals surface area contributed by atoms with Gasteiger partial charge in [-0.15, -0.1) is 11.3 Å². The Morgan fingerprint density at radius 2 is 2.09 bits per heavy atom. The maximum absolute atomic E-state index is 12.1. The second-order valence-electron chi connectivity index (χ2n) is 5.72. The van der Waals surface area contributed by atoms with Crippen LogP contribution < -0.4 is 5.73 Å². The smallest absolute Gasteiger partial charge is 0.350 e. The molecule has 0 aliphatic heterocycles. The van der Waals surface area contributed by atoms with E-state index in [1.165, 1.54) is 28.2 Å². The number of carbonyl (C=O) groups is 1. The fourth-order valence-electron chi connectivity index (χ4n) is 3.23. The molecular formula is C17H22N2O2S. The first-order valence-electron chi connectivity index (χ1n) is 8.07. The van der Waals surface area contributed by atoms with Gasteiger partial charge in [-0.25, -0.2) is 9.78 Å². The highest BCUT2D eigenvalue weighted by atomic mass is 32.1. The zero-order valence-corrected chi connectivity index (χ0v) is 14.0. The van der Waals surface area contributed by atoms with Crippen molar-refractivity contribution in [3.05, 3.63) is 21.7 Å². The minimum absolute atomic E-state index is 0.329. The summed E-state index contributed by atoms with van der Waals surface area (Å²) >= 11 is 1.37. The van der Waals surface area contributed by atoms with E-state index in [-0.39, 0.29) is 5.97 Å². The molecule has 0 saturated carbocycles. The number of anilines is 1. The summed E-state index contributed by atoms with van der Waals surface area (Å²) in [7, 11) is 0. The monoisotopic (exact) mass is 318 g/mol. The molecule has 3 rings (SSSR count). The molecule has 1 aliphatic rings. The highest BCUT2D eigenvalue weighted by molar-refractivity contribution is 7.21. The third-order valence-corrected chi connectivity index (χ3v) is 5.34. The number of rotatable bonds is 5. The van der Waals surface area contributed by atoms with Gasteiger partial charge in [-0.3, -0.25) is 0 Å². The summed E-state index contributed by atoms with van der Waals surface area (Å²) in [5.74, 6) is -0.329. The number of nitrogens with two attached hydrogens (primary N) is 1. The van der Waals surface area contributed by atoms with Gasteiger partial charge in [0.1, 0.15) is 9.71 Å². The van der Waals surface area contributed by atoms with E-state index in [4.69, 9.17) is 15.5 Å². The van der Waals surface area contributed by atoms with Crippen molar-refractivity contribution < 1.29 is 9.53 Å². The fourth-order valence-corrected chi connectivity index (χ4v) is 4.27. The molecule has 4 nitrogen and oxygen atoms in total. The van der Waals surface area contributed by atoms with Crippen molar-refractivity contribution in [2.75, 3.05) is 12.3 Å². The molecule has 0 amide bonds. The maximum atomic E-state index is 12.1. The number of nitrogen functional groups attached to an aromatic ring is 1. The summed E-state index contributed by atoms with van der Waals surface area (Å²) in [5, 5.41) is 1.00. The van der Waals surface area contributed by atoms with Crippen LogP contribution in [0.25, 0.3) is 10.2 Å². The Hall–Kier alpha value is -1.62. The number of fused-ring (bicyclic) bond motifs is 3. The van der Waals surface area contributed by atoms with Gasteiger partial charge >= 0.3 is 5.97 Å². The van der Waals surface area contributed by atoms with Gasteiger partial charge in [-0.05, 0) is 50.2 Å². The summed E-state index contributed by atoms with van der Waals surface area (Å²) < 4.78 is 5.12. The summed E-state index contributed by atoms with van der Waals surface area (Å²) in [6.45, 7) is 4.36. The number of ether oxygens (including phenoxy) is 1. The van der Waals surface area contributed by atoms with Crippen LogP contribution in [0.15, 0.2) is 0 Å². The van der Waals surface area contributed by atoms with Crippen LogP contribution in [-0.4, -0.2) is 17.6 Å². The molecular weight excluding hydrogens is 296 g/mol. The van der Waals surface area contributed by atoms with E-state index in [1.807, 2.05) is 0 Å². The van der Waals surface area contributed by atoms with Gasteiger partial charge < -0.3 is 10.5 Å². The highest BCUT2D eigenvalue weighted by Crippen LogP contribution is 2.40. The van der Waals surface area contributed by atoms with Gasteiger partial charge in [0.05, 0.1) is 12.3 Å². The van der Waals surface area contributed by atoms with Crippen LogP contribution in [0.5, 0.6) is 0 Å². The van der Waals surface area contributed by atoms with Gasteiger partial charge in [0, 0.05) is 11.1 Å². The zero-order chi connectivity index (χ0) is 15.7. The number of aryl methyl sites for hydroxylation is 2. The molecule has 0 unspecified atom stereocenters. The van der Waals surface area contributed by atoms with Crippen LogP contribution in [0.3, 0.4) is 0 Å². The van der Waals surface area contributed by atoms with Crippen molar-refractivity contribution in [1.82, 2.24) is 4.98 Å². The topological polar surface area (TPSA) is 65.2 Å². The Labute approximate surface area is 134 Å². The Morgan fingerprint density at radius 1 is 1.32 bits per heavy atom. The maximum Gasteiger partial charge on any atom is 0.350 e. The molecule has 118 valence electrons.